The Bertz CT molecular complexity index is 1700. The summed E-state index contributed by atoms with van der Waals surface area (Å²) in [5, 5.41) is 26.8. The smallest absolute Gasteiger partial charge is 0.381 e. The van der Waals surface area contributed by atoms with Crippen LogP contribution < -0.4 is 8.48 Å². The number of carbonyl (C=O) groups is 3. The number of amides is 2. The maximum absolute atomic E-state index is 14.6. The standard InChI is InChI=1S/C37H49N2O10.3CH3.Sn/c1-7-38-17-34(18-49-32(42)20-10-8-9-11-23(20)39-26(40)14-19(2)31(39)41)13-12-25(46-4)36-22-15-21-24(45-3)16-35(43,27(22)28(21)47-5)37(44,33(36)38)30(48-6)29(34)36;;;;/h9-11,19,21-22,24-25,27-30,33,43-44H,7,12-18H2,1-6H3;3*1H3;/t19-,21+,22+,24-,25-,27+,28-,29?,30-,33-,34-,35+,36-,37-;;;;/m0..../s1. The summed E-state index contributed by atoms with van der Waals surface area (Å²) in [5.41, 5.74) is -4.08. The van der Waals surface area contributed by atoms with E-state index >= 15 is 0 Å². The average Bonchev–Trinajstić information content (AvgIpc) is 3.65. The summed E-state index contributed by atoms with van der Waals surface area (Å²) >= 11 is -2.74. The molecule has 8 rings (SSSR count). The van der Waals surface area contributed by atoms with Crippen molar-refractivity contribution in [2.75, 3.05) is 53.0 Å². The van der Waals surface area contributed by atoms with E-state index in [4.69, 9.17) is 23.7 Å². The third-order valence-electron chi connectivity index (χ3n) is 15.5. The molecule has 2 aliphatic heterocycles. The van der Waals surface area contributed by atoms with Crippen LogP contribution in [-0.4, -0.2) is 141 Å². The SMILES string of the molecule is CCN1C[C@]2(COC(=O)c3c[c]([Sn]([CH3])([CH3])[CH3])ccc3N3C(=O)C[C@H](C)C3=O)CC[C@H](OC)[C@@]34C2[C@H](OC)[C@](O)([C@@H]13)[C@@]1(O)C[C@H](OC)[C@H]2C[C@@H]4[C@@H]1[C@H]2OC. The van der Waals surface area contributed by atoms with Crippen molar-refractivity contribution in [3.8, 4) is 0 Å². The van der Waals surface area contributed by atoms with Gasteiger partial charge in [-0.1, -0.05) is 0 Å². The van der Waals surface area contributed by atoms with E-state index in [9.17, 15) is 24.6 Å². The number of methoxy groups -OCH3 is 4. The fourth-order valence-electron chi connectivity index (χ4n) is 13.7. The van der Waals surface area contributed by atoms with Crippen molar-refractivity contribution in [2.45, 2.75) is 102 Å². The Labute approximate surface area is 317 Å². The number of hydrogen-bond acceptors (Lipinski definition) is 11. The predicted molar refractivity (Wildman–Crippen MR) is 197 cm³/mol. The molecule has 12 nitrogen and oxygen atoms in total. The summed E-state index contributed by atoms with van der Waals surface area (Å²) in [4.78, 5) is 51.2. The number of likely N-dealkylation sites (N-methyl/N-ethyl adjacent to an activating group) is 1. The molecule has 14 atom stereocenters. The summed E-state index contributed by atoms with van der Waals surface area (Å²) < 4.78 is 32.8. The summed E-state index contributed by atoms with van der Waals surface area (Å²) in [6, 6.07) is 5.08. The molecule has 0 radical (unpaired) electrons. The Morgan fingerprint density at radius 3 is 2.36 bits per heavy atom. The molecule has 2 amide bonds. The maximum atomic E-state index is 14.6. The summed E-state index contributed by atoms with van der Waals surface area (Å²) in [5.74, 6) is -2.40. The number of piperidine rings is 1. The minimum absolute atomic E-state index is 0.0404. The van der Waals surface area contributed by atoms with Crippen molar-refractivity contribution in [2.24, 2.45) is 40.4 Å². The van der Waals surface area contributed by atoms with E-state index < -0.39 is 64.4 Å². The molecule has 1 aromatic carbocycles. The van der Waals surface area contributed by atoms with Gasteiger partial charge >= 0.3 is 288 Å². The third kappa shape index (κ3) is 4.69. The molecular weight excluding hydrogens is 787 g/mol. The van der Waals surface area contributed by atoms with Gasteiger partial charge in [0.05, 0.1) is 6.10 Å². The zero-order valence-electron chi connectivity index (χ0n) is 32.7. The number of likely N-dealkylation sites (tertiary alicyclic amines) is 1. The van der Waals surface area contributed by atoms with Crippen LogP contribution in [0.15, 0.2) is 18.2 Å². The molecule has 7 fully saturated rings. The molecule has 2 heterocycles. The zero-order valence-corrected chi connectivity index (χ0v) is 35.6. The van der Waals surface area contributed by atoms with Crippen LogP contribution in [0.25, 0.3) is 0 Å². The zero-order chi connectivity index (χ0) is 38.2. The second-order valence-electron chi connectivity index (χ2n) is 18.4. The van der Waals surface area contributed by atoms with Crippen LogP contribution in [0.5, 0.6) is 0 Å². The third-order valence-corrected chi connectivity index (χ3v) is 21.3. The molecule has 0 aromatic heterocycles. The van der Waals surface area contributed by atoms with Crippen molar-refractivity contribution < 1.29 is 48.3 Å². The number of anilines is 1. The summed E-state index contributed by atoms with van der Waals surface area (Å²) in [6.45, 7) is 5.00. The minimum atomic E-state index is -2.74. The number of hydrogen-bond donors (Lipinski definition) is 2. The Balaban J connectivity index is 1.24. The van der Waals surface area contributed by atoms with Crippen LogP contribution in [0, 0.1) is 40.4 Å². The molecule has 1 aromatic rings. The van der Waals surface area contributed by atoms with E-state index in [1.165, 1.54) is 0 Å². The van der Waals surface area contributed by atoms with Crippen molar-refractivity contribution in [3.63, 3.8) is 0 Å². The van der Waals surface area contributed by atoms with E-state index in [2.05, 4.69) is 26.6 Å². The molecular formula is C40H58N2O10Sn. The Morgan fingerprint density at radius 1 is 1.04 bits per heavy atom. The first-order valence-corrected chi connectivity index (χ1v) is 29.5. The summed E-state index contributed by atoms with van der Waals surface area (Å²) in [6.07, 6.45) is 0.817. The monoisotopic (exact) mass is 846 g/mol. The van der Waals surface area contributed by atoms with Gasteiger partial charge in [0.1, 0.15) is 0 Å². The summed E-state index contributed by atoms with van der Waals surface area (Å²) in [7, 11) is 6.74. The van der Waals surface area contributed by atoms with E-state index in [0.717, 1.165) is 14.9 Å². The van der Waals surface area contributed by atoms with Gasteiger partial charge in [0, 0.05) is 14.2 Å². The Kier molecular flexibility index (Phi) is 9.14. The van der Waals surface area contributed by atoms with E-state index in [1.807, 2.05) is 12.1 Å². The minimum Gasteiger partial charge on any atom is -0.381 e. The number of carbonyl (C=O) groups excluding carboxylic acids is 3. The van der Waals surface area contributed by atoms with Gasteiger partial charge in [-0.3, -0.25) is 0 Å². The second kappa shape index (κ2) is 12.7. The van der Waals surface area contributed by atoms with Gasteiger partial charge in [0.2, 0.25) is 0 Å². The molecule has 1 unspecified atom stereocenters. The van der Waals surface area contributed by atoms with Gasteiger partial charge in [-0.05, 0) is 0 Å². The molecule has 7 bridgehead atoms. The van der Waals surface area contributed by atoms with Crippen LogP contribution in [-0.2, 0) is 33.3 Å². The molecule has 5 saturated carbocycles. The number of rotatable bonds is 10. The average molecular weight is 846 g/mol. The molecule has 292 valence electrons. The van der Waals surface area contributed by atoms with Crippen LogP contribution in [0.3, 0.4) is 0 Å². The second-order valence-corrected chi connectivity index (χ2v) is 32.9. The first-order valence-electron chi connectivity index (χ1n) is 19.5. The Hall–Kier alpha value is -1.65. The van der Waals surface area contributed by atoms with Gasteiger partial charge in [-0.25, -0.2) is 0 Å². The van der Waals surface area contributed by atoms with E-state index in [1.54, 1.807) is 41.4 Å². The molecule has 53 heavy (non-hydrogen) atoms. The van der Waals surface area contributed by atoms with Crippen molar-refractivity contribution in [3.05, 3.63) is 23.8 Å². The number of ether oxygens (including phenoxy) is 5. The Morgan fingerprint density at radius 2 is 1.77 bits per heavy atom. The van der Waals surface area contributed by atoms with Crippen molar-refractivity contribution >= 4 is 45.4 Å². The fraction of sp³-hybridized carbons (Fsp3) is 0.775. The molecule has 7 aliphatic rings. The van der Waals surface area contributed by atoms with Crippen LogP contribution in [0.4, 0.5) is 5.69 Å². The number of imide groups is 1. The van der Waals surface area contributed by atoms with Gasteiger partial charge in [-0.15, -0.1) is 0 Å². The molecule has 5 aliphatic carbocycles. The predicted octanol–water partition coefficient (Wildman–Crippen LogP) is 2.58. The molecule has 1 spiro atoms. The van der Waals surface area contributed by atoms with Crippen molar-refractivity contribution in [1.29, 1.82) is 0 Å². The quantitative estimate of drug-likeness (QED) is 0.204. The molecule has 2 N–H and O–H groups in total. The van der Waals surface area contributed by atoms with Crippen LogP contribution >= 0.6 is 0 Å². The van der Waals surface area contributed by atoms with Gasteiger partial charge < -0.3 is 9.47 Å². The number of nitrogens with zero attached hydrogens (tertiary/aromatic N) is 2. The van der Waals surface area contributed by atoms with Crippen LogP contribution in [0.1, 0.15) is 56.3 Å². The van der Waals surface area contributed by atoms with Crippen molar-refractivity contribution in [1.82, 2.24) is 4.90 Å². The molecule has 2 saturated heterocycles. The molecule has 13 heteroatoms. The number of fused-ring (bicyclic) bond motifs is 2. The normalized spacial score (nSPS) is 45.6. The van der Waals surface area contributed by atoms with Gasteiger partial charge in [0.15, 0.2) is 0 Å². The fourth-order valence-corrected chi connectivity index (χ4v) is 17.0. The number of benzene rings is 1. The van der Waals surface area contributed by atoms with Crippen LogP contribution in [0.2, 0.25) is 14.8 Å². The van der Waals surface area contributed by atoms with E-state index in [-0.39, 0.29) is 84.5 Å². The first kappa shape index (κ1) is 38.2. The van der Waals surface area contributed by atoms with E-state index in [0.29, 0.717) is 25.9 Å². The first-order chi connectivity index (χ1) is 25.0. The van der Waals surface area contributed by atoms with Gasteiger partial charge in [-0.2, -0.15) is 0 Å². The number of esters is 1. The topological polar surface area (TPSA) is 144 Å². The number of aliphatic hydroxyl groups is 2. The van der Waals surface area contributed by atoms with Gasteiger partial charge in [0.25, 0.3) is 0 Å².